The molecule has 0 aromatic rings. The van der Waals surface area contributed by atoms with Crippen LogP contribution in [0.2, 0.25) is 0 Å². The number of rotatable bonds is 6. The van der Waals surface area contributed by atoms with E-state index in [2.05, 4.69) is 28.3 Å². The van der Waals surface area contributed by atoms with Crippen molar-refractivity contribution >= 4 is 6.34 Å². The molecule has 0 saturated heterocycles. The molecule has 0 radical (unpaired) electrons. The molecule has 1 heterocycles. The second-order valence-electron chi connectivity index (χ2n) is 3.74. The molecule has 0 N–H and O–H groups in total. The van der Waals surface area contributed by atoms with Crippen molar-refractivity contribution in [1.29, 1.82) is 0 Å². The molecule has 0 amide bonds. The number of aliphatic imine (C=N–C) groups is 1. The van der Waals surface area contributed by atoms with Crippen molar-refractivity contribution < 1.29 is 0 Å². The molecular formula is C11H21N3. The van der Waals surface area contributed by atoms with Crippen molar-refractivity contribution in [3.05, 3.63) is 12.7 Å². The van der Waals surface area contributed by atoms with Gasteiger partial charge in [0.15, 0.2) is 0 Å². The van der Waals surface area contributed by atoms with E-state index >= 15 is 0 Å². The molecule has 0 fully saturated rings. The third kappa shape index (κ3) is 3.92. The van der Waals surface area contributed by atoms with E-state index in [-0.39, 0.29) is 0 Å². The van der Waals surface area contributed by atoms with E-state index in [9.17, 15) is 0 Å². The van der Waals surface area contributed by atoms with Crippen LogP contribution in [0.1, 0.15) is 26.2 Å². The summed E-state index contributed by atoms with van der Waals surface area (Å²) in [4.78, 5) is 8.87. The molecule has 0 atom stereocenters. The molecule has 1 aliphatic heterocycles. The number of unbranched alkanes of at least 4 members (excludes halogenated alkanes) is 2. The Morgan fingerprint density at radius 1 is 1.50 bits per heavy atom. The molecule has 0 unspecified atom stereocenters. The van der Waals surface area contributed by atoms with E-state index < -0.39 is 0 Å². The number of nitrogens with zero attached hydrogens (tertiary/aromatic N) is 3. The lowest BCUT2D eigenvalue weighted by Gasteiger charge is -2.30. The molecule has 0 aliphatic carbocycles. The van der Waals surface area contributed by atoms with Crippen LogP contribution in [0.4, 0.5) is 0 Å². The molecule has 0 saturated carbocycles. The molecular weight excluding hydrogens is 174 g/mol. The summed E-state index contributed by atoms with van der Waals surface area (Å²) in [6, 6.07) is 0. The first-order valence-corrected chi connectivity index (χ1v) is 5.44. The van der Waals surface area contributed by atoms with Crippen LogP contribution in [0.25, 0.3) is 0 Å². The minimum absolute atomic E-state index is 0.816. The third-order valence-corrected chi connectivity index (χ3v) is 2.34. The van der Waals surface area contributed by atoms with Crippen LogP contribution >= 0.6 is 0 Å². The Morgan fingerprint density at radius 2 is 2.36 bits per heavy atom. The van der Waals surface area contributed by atoms with Gasteiger partial charge in [0, 0.05) is 13.1 Å². The fourth-order valence-electron chi connectivity index (χ4n) is 1.60. The van der Waals surface area contributed by atoms with Crippen LogP contribution < -0.4 is 0 Å². The first-order valence-electron chi connectivity index (χ1n) is 5.44. The van der Waals surface area contributed by atoms with Crippen LogP contribution in [-0.2, 0) is 0 Å². The van der Waals surface area contributed by atoms with Crippen LogP contribution in [-0.4, -0.2) is 42.6 Å². The van der Waals surface area contributed by atoms with Gasteiger partial charge in [0.05, 0.1) is 19.7 Å². The second-order valence-corrected chi connectivity index (χ2v) is 3.74. The van der Waals surface area contributed by atoms with Crippen molar-refractivity contribution in [2.75, 3.05) is 26.4 Å². The Balaban J connectivity index is 2.22. The summed E-state index contributed by atoms with van der Waals surface area (Å²) in [5.41, 5.74) is 0. The van der Waals surface area contributed by atoms with E-state index in [4.69, 9.17) is 0 Å². The smallest absolute Gasteiger partial charge is 0.0943 e. The standard InChI is InChI=1S/C11H21N3/c1-3-5-6-8-14-10-12-9-13(11-14)7-4-2/h4,10H,2-3,5-9,11H2,1H3. The van der Waals surface area contributed by atoms with Gasteiger partial charge < -0.3 is 4.90 Å². The maximum atomic E-state index is 4.32. The van der Waals surface area contributed by atoms with Gasteiger partial charge in [-0.3, -0.25) is 9.89 Å². The van der Waals surface area contributed by atoms with Gasteiger partial charge in [-0.25, -0.2) is 0 Å². The van der Waals surface area contributed by atoms with Crippen molar-refractivity contribution in [3.63, 3.8) is 0 Å². The average Bonchev–Trinajstić information content (AvgIpc) is 2.19. The van der Waals surface area contributed by atoms with E-state index in [1.165, 1.54) is 19.3 Å². The van der Waals surface area contributed by atoms with Crippen molar-refractivity contribution in [2.45, 2.75) is 26.2 Å². The summed E-state index contributed by atoms with van der Waals surface area (Å²) in [7, 11) is 0. The van der Waals surface area contributed by atoms with Gasteiger partial charge in [-0.2, -0.15) is 0 Å². The summed E-state index contributed by atoms with van der Waals surface area (Å²) in [6.45, 7) is 9.85. The van der Waals surface area contributed by atoms with Gasteiger partial charge in [0.2, 0.25) is 0 Å². The summed E-state index contributed by atoms with van der Waals surface area (Å²) in [5.74, 6) is 0. The lowest BCUT2D eigenvalue weighted by molar-refractivity contribution is 0.192. The maximum Gasteiger partial charge on any atom is 0.0943 e. The third-order valence-electron chi connectivity index (χ3n) is 2.34. The Hall–Kier alpha value is -0.830. The minimum Gasteiger partial charge on any atom is -0.350 e. The van der Waals surface area contributed by atoms with Gasteiger partial charge in [-0.1, -0.05) is 25.8 Å². The van der Waals surface area contributed by atoms with E-state index in [0.717, 1.165) is 26.4 Å². The molecule has 1 rings (SSSR count). The van der Waals surface area contributed by atoms with Gasteiger partial charge in [-0.15, -0.1) is 6.58 Å². The molecule has 0 aromatic heterocycles. The topological polar surface area (TPSA) is 18.8 Å². The first kappa shape index (κ1) is 11.2. The molecule has 80 valence electrons. The second kappa shape index (κ2) is 6.60. The normalized spacial score (nSPS) is 17.4. The van der Waals surface area contributed by atoms with E-state index in [0.29, 0.717) is 0 Å². The fourth-order valence-corrected chi connectivity index (χ4v) is 1.60. The average molecular weight is 195 g/mol. The predicted molar refractivity (Wildman–Crippen MR) is 61.4 cm³/mol. The predicted octanol–water partition coefficient (Wildman–Crippen LogP) is 1.92. The quantitative estimate of drug-likeness (QED) is 0.476. The Morgan fingerprint density at radius 3 is 3.07 bits per heavy atom. The van der Waals surface area contributed by atoms with Gasteiger partial charge in [0.1, 0.15) is 0 Å². The van der Waals surface area contributed by atoms with Gasteiger partial charge in [0.25, 0.3) is 0 Å². The zero-order chi connectivity index (χ0) is 10.2. The number of hydrogen-bond donors (Lipinski definition) is 0. The first-order chi connectivity index (χ1) is 6.86. The highest BCUT2D eigenvalue weighted by Crippen LogP contribution is 2.02. The SMILES string of the molecule is C=CCN1CN=CN(CCCCC)C1. The van der Waals surface area contributed by atoms with Gasteiger partial charge in [-0.05, 0) is 6.42 Å². The molecule has 14 heavy (non-hydrogen) atoms. The molecule has 0 aromatic carbocycles. The summed E-state index contributed by atoms with van der Waals surface area (Å²) >= 11 is 0. The van der Waals surface area contributed by atoms with Crippen LogP contribution in [0.15, 0.2) is 17.6 Å². The number of hydrogen-bond acceptors (Lipinski definition) is 3. The van der Waals surface area contributed by atoms with Gasteiger partial charge >= 0.3 is 0 Å². The van der Waals surface area contributed by atoms with Crippen molar-refractivity contribution in [1.82, 2.24) is 9.80 Å². The fraction of sp³-hybridized carbons (Fsp3) is 0.727. The lowest BCUT2D eigenvalue weighted by atomic mass is 10.2. The summed E-state index contributed by atoms with van der Waals surface area (Å²) < 4.78 is 0. The Labute approximate surface area is 87.1 Å². The van der Waals surface area contributed by atoms with Crippen molar-refractivity contribution in [2.24, 2.45) is 4.99 Å². The zero-order valence-corrected chi connectivity index (χ0v) is 9.15. The monoisotopic (exact) mass is 195 g/mol. The summed E-state index contributed by atoms with van der Waals surface area (Å²) in [5, 5.41) is 0. The largest absolute Gasteiger partial charge is 0.350 e. The zero-order valence-electron chi connectivity index (χ0n) is 9.15. The highest BCUT2D eigenvalue weighted by molar-refractivity contribution is 5.55. The molecule has 3 nitrogen and oxygen atoms in total. The van der Waals surface area contributed by atoms with E-state index in [1.807, 2.05) is 12.4 Å². The minimum atomic E-state index is 0.816. The summed E-state index contributed by atoms with van der Waals surface area (Å²) in [6.07, 6.45) is 7.78. The highest BCUT2D eigenvalue weighted by Gasteiger charge is 2.10. The molecule has 0 spiro atoms. The maximum absolute atomic E-state index is 4.32. The van der Waals surface area contributed by atoms with E-state index in [1.54, 1.807) is 0 Å². The lowest BCUT2D eigenvalue weighted by Crippen LogP contribution is -2.41. The molecule has 1 aliphatic rings. The van der Waals surface area contributed by atoms with Crippen LogP contribution in [0, 0.1) is 0 Å². The van der Waals surface area contributed by atoms with Crippen molar-refractivity contribution in [3.8, 4) is 0 Å². The molecule has 3 heteroatoms. The van der Waals surface area contributed by atoms with Crippen LogP contribution in [0.3, 0.4) is 0 Å². The molecule has 0 bridgehead atoms. The highest BCUT2D eigenvalue weighted by atomic mass is 15.4. The Bertz CT molecular complexity index is 189. The Kier molecular flexibility index (Phi) is 5.30. The van der Waals surface area contributed by atoms with Crippen LogP contribution in [0.5, 0.6) is 0 Å².